The van der Waals surface area contributed by atoms with Crippen molar-refractivity contribution < 1.29 is 4.79 Å². The van der Waals surface area contributed by atoms with Gasteiger partial charge in [-0.2, -0.15) is 0 Å². The highest BCUT2D eigenvalue weighted by Crippen LogP contribution is 2.23. The predicted molar refractivity (Wildman–Crippen MR) is 110 cm³/mol. The van der Waals surface area contributed by atoms with Crippen molar-refractivity contribution in [3.05, 3.63) is 60.3 Å². The molecule has 1 unspecified atom stereocenters. The van der Waals surface area contributed by atoms with Crippen LogP contribution in [-0.4, -0.2) is 55.1 Å². The second kappa shape index (κ2) is 9.51. The Balaban J connectivity index is 1.44. The summed E-state index contributed by atoms with van der Waals surface area (Å²) in [7, 11) is 0. The van der Waals surface area contributed by atoms with Crippen LogP contribution in [0.2, 0.25) is 0 Å². The van der Waals surface area contributed by atoms with Crippen molar-refractivity contribution in [2.45, 2.75) is 19.8 Å². The Bertz CT molecular complexity index is 697. The van der Waals surface area contributed by atoms with E-state index >= 15 is 0 Å². The molecule has 5 heteroatoms. The molecule has 3 rings (SSSR count). The Labute approximate surface area is 162 Å². The topological polar surface area (TPSA) is 48.5 Å². The van der Waals surface area contributed by atoms with Gasteiger partial charge in [-0.1, -0.05) is 50.2 Å². The number of amides is 1. The molecule has 0 saturated carbocycles. The number of hydrogen-bond acceptors (Lipinski definition) is 4. The summed E-state index contributed by atoms with van der Waals surface area (Å²) in [4.78, 5) is 21.4. The van der Waals surface area contributed by atoms with Gasteiger partial charge in [0.05, 0.1) is 6.54 Å². The van der Waals surface area contributed by atoms with Crippen LogP contribution < -0.4 is 10.2 Å². The molecule has 1 atom stereocenters. The van der Waals surface area contributed by atoms with E-state index in [1.54, 1.807) is 0 Å². The molecule has 1 aromatic carbocycles. The second-order valence-corrected chi connectivity index (χ2v) is 7.52. The van der Waals surface area contributed by atoms with Crippen molar-refractivity contribution in [3.63, 3.8) is 0 Å². The number of aromatic nitrogens is 1. The molecular weight excluding hydrogens is 336 g/mol. The zero-order valence-electron chi connectivity index (χ0n) is 16.3. The van der Waals surface area contributed by atoms with Crippen LogP contribution in [0.4, 0.5) is 5.82 Å². The highest BCUT2D eigenvalue weighted by atomic mass is 16.2. The van der Waals surface area contributed by atoms with E-state index < -0.39 is 0 Å². The molecular formula is C22H30N4O. The first kappa shape index (κ1) is 19.4. The fraction of sp³-hybridized carbons (Fsp3) is 0.455. The van der Waals surface area contributed by atoms with Crippen molar-refractivity contribution in [1.82, 2.24) is 15.2 Å². The van der Waals surface area contributed by atoms with Gasteiger partial charge in [0.15, 0.2) is 0 Å². The first-order valence-corrected chi connectivity index (χ1v) is 9.83. The van der Waals surface area contributed by atoms with Gasteiger partial charge in [-0.25, -0.2) is 4.98 Å². The Morgan fingerprint density at radius 1 is 1.04 bits per heavy atom. The van der Waals surface area contributed by atoms with Crippen molar-refractivity contribution >= 4 is 11.7 Å². The lowest BCUT2D eigenvalue weighted by Crippen LogP contribution is -2.50. The zero-order valence-corrected chi connectivity index (χ0v) is 16.3. The maximum atomic E-state index is 12.4. The Morgan fingerprint density at radius 3 is 2.37 bits per heavy atom. The van der Waals surface area contributed by atoms with E-state index in [1.807, 2.05) is 30.5 Å². The van der Waals surface area contributed by atoms with Crippen LogP contribution in [-0.2, 0) is 4.79 Å². The molecule has 1 aromatic heterocycles. The van der Waals surface area contributed by atoms with Crippen LogP contribution in [0.15, 0.2) is 54.7 Å². The number of anilines is 1. The lowest BCUT2D eigenvalue weighted by molar-refractivity contribution is -0.122. The predicted octanol–water partition coefficient (Wildman–Crippen LogP) is 2.76. The van der Waals surface area contributed by atoms with E-state index in [-0.39, 0.29) is 5.91 Å². The summed E-state index contributed by atoms with van der Waals surface area (Å²) in [6.45, 7) is 9.16. The van der Waals surface area contributed by atoms with E-state index in [0.717, 1.165) is 32.0 Å². The third-order valence-corrected chi connectivity index (χ3v) is 5.26. The standard InChI is InChI=1S/C22H30N4O/c1-18(2)20(19-8-4-3-5-9-19)16-24-22(27)17-25-12-14-26(15-13-25)21-10-6-7-11-23-21/h3-11,18,20H,12-17H2,1-2H3,(H,24,27). The van der Waals surface area contributed by atoms with Gasteiger partial charge in [0.1, 0.15) is 5.82 Å². The molecule has 2 aromatic rings. The SMILES string of the molecule is CC(C)C(CNC(=O)CN1CCN(c2ccccn2)CC1)c1ccccc1. The van der Waals surface area contributed by atoms with Gasteiger partial charge in [-0.15, -0.1) is 0 Å². The van der Waals surface area contributed by atoms with E-state index in [0.29, 0.717) is 24.9 Å². The van der Waals surface area contributed by atoms with Crippen LogP contribution in [0.1, 0.15) is 25.3 Å². The molecule has 0 bridgehead atoms. The lowest BCUT2D eigenvalue weighted by atomic mass is 9.88. The van der Waals surface area contributed by atoms with Gasteiger partial charge >= 0.3 is 0 Å². The van der Waals surface area contributed by atoms with Crippen molar-refractivity contribution in [2.24, 2.45) is 5.92 Å². The summed E-state index contributed by atoms with van der Waals surface area (Å²) in [5, 5.41) is 3.15. The van der Waals surface area contributed by atoms with Gasteiger partial charge in [-0.3, -0.25) is 9.69 Å². The van der Waals surface area contributed by atoms with Gasteiger partial charge in [0.2, 0.25) is 5.91 Å². The highest BCUT2D eigenvalue weighted by Gasteiger charge is 2.21. The molecule has 1 amide bonds. The minimum absolute atomic E-state index is 0.114. The number of carbonyl (C=O) groups is 1. The third-order valence-electron chi connectivity index (χ3n) is 5.26. The molecule has 27 heavy (non-hydrogen) atoms. The summed E-state index contributed by atoms with van der Waals surface area (Å²) in [5.41, 5.74) is 1.29. The number of benzene rings is 1. The number of nitrogens with one attached hydrogen (secondary N) is 1. The Hall–Kier alpha value is -2.40. The summed E-state index contributed by atoms with van der Waals surface area (Å²) < 4.78 is 0. The Kier molecular flexibility index (Phi) is 6.82. The van der Waals surface area contributed by atoms with E-state index in [4.69, 9.17) is 0 Å². The summed E-state index contributed by atoms with van der Waals surface area (Å²) >= 11 is 0. The van der Waals surface area contributed by atoms with Gasteiger partial charge in [-0.05, 0) is 23.6 Å². The van der Waals surface area contributed by atoms with E-state index in [2.05, 4.69) is 58.2 Å². The Morgan fingerprint density at radius 2 is 1.74 bits per heavy atom. The summed E-state index contributed by atoms with van der Waals surface area (Å²) in [6, 6.07) is 16.4. The fourth-order valence-corrected chi connectivity index (χ4v) is 3.60. The lowest BCUT2D eigenvalue weighted by Gasteiger charge is -2.35. The van der Waals surface area contributed by atoms with Crippen molar-refractivity contribution in [2.75, 3.05) is 44.2 Å². The first-order chi connectivity index (χ1) is 13.1. The van der Waals surface area contributed by atoms with Crippen LogP contribution in [0, 0.1) is 5.92 Å². The smallest absolute Gasteiger partial charge is 0.234 e. The van der Waals surface area contributed by atoms with Crippen LogP contribution in [0.25, 0.3) is 0 Å². The second-order valence-electron chi connectivity index (χ2n) is 7.52. The maximum Gasteiger partial charge on any atom is 0.234 e. The summed E-state index contributed by atoms with van der Waals surface area (Å²) in [6.07, 6.45) is 1.83. The van der Waals surface area contributed by atoms with Gasteiger partial charge in [0, 0.05) is 44.8 Å². The van der Waals surface area contributed by atoms with Gasteiger partial charge in [0.25, 0.3) is 0 Å². The van der Waals surface area contributed by atoms with Crippen LogP contribution in [0.5, 0.6) is 0 Å². The minimum atomic E-state index is 0.114. The van der Waals surface area contributed by atoms with Crippen LogP contribution in [0.3, 0.4) is 0 Å². The molecule has 2 heterocycles. The first-order valence-electron chi connectivity index (χ1n) is 9.83. The van der Waals surface area contributed by atoms with E-state index in [1.165, 1.54) is 5.56 Å². The molecule has 5 nitrogen and oxygen atoms in total. The van der Waals surface area contributed by atoms with Crippen LogP contribution >= 0.6 is 0 Å². The number of rotatable bonds is 7. The molecule has 0 spiro atoms. The quantitative estimate of drug-likeness (QED) is 0.819. The molecule has 0 radical (unpaired) electrons. The zero-order chi connectivity index (χ0) is 19.1. The number of carbonyl (C=O) groups excluding carboxylic acids is 1. The maximum absolute atomic E-state index is 12.4. The molecule has 0 aliphatic carbocycles. The average Bonchev–Trinajstić information content (AvgIpc) is 2.70. The normalized spacial score (nSPS) is 16.3. The average molecular weight is 367 g/mol. The largest absolute Gasteiger partial charge is 0.354 e. The number of hydrogen-bond donors (Lipinski definition) is 1. The molecule has 1 fully saturated rings. The molecule has 1 aliphatic heterocycles. The number of nitrogens with zero attached hydrogens (tertiary/aromatic N) is 3. The third kappa shape index (κ3) is 5.54. The molecule has 144 valence electrons. The minimum Gasteiger partial charge on any atom is -0.354 e. The van der Waals surface area contributed by atoms with Crippen molar-refractivity contribution in [1.29, 1.82) is 0 Å². The monoisotopic (exact) mass is 366 g/mol. The van der Waals surface area contributed by atoms with Crippen molar-refractivity contribution in [3.8, 4) is 0 Å². The highest BCUT2D eigenvalue weighted by molar-refractivity contribution is 5.78. The fourth-order valence-electron chi connectivity index (χ4n) is 3.60. The molecule has 1 aliphatic rings. The molecule has 1 N–H and O–H groups in total. The molecule has 1 saturated heterocycles. The summed E-state index contributed by atoms with van der Waals surface area (Å²) in [5.74, 6) is 1.96. The number of piperazine rings is 1. The van der Waals surface area contributed by atoms with E-state index in [9.17, 15) is 4.79 Å². The van der Waals surface area contributed by atoms with Gasteiger partial charge < -0.3 is 10.2 Å². The number of pyridine rings is 1.